The van der Waals surface area contributed by atoms with E-state index in [1.165, 1.54) is 42.7 Å². The first-order chi connectivity index (χ1) is 12.9. The maximum absolute atomic E-state index is 6.35. The summed E-state index contributed by atoms with van der Waals surface area (Å²) in [6, 6.07) is 21.4. The molecule has 0 atom stereocenters. The lowest BCUT2D eigenvalue weighted by atomic mass is 9.96. The summed E-state index contributed by atoms with van der Waals surface area (Å²) < 4.78 is 8.40. The number of rotatable bonds is 6. The predicted octanol–water partition coefficient (Wildman–Crippen LogP) is 4.35. The van der Waals surface area contributed by atoms with Crippen molar-refractivity contribution in [1.82, 2.24) is 15.0 Å². The molecule has 0 unspecified atom stereocenters. The lowest BCUT2D eigenvalue weighted by Crippen LogP contribution is -2.14. The van der Waals surface area contributed by atoms with E-state index < -0.39 is 8.15 Å². The highest BCUT2D eigenvalue weighted by molar-refractivity contribution is 7.68. The largest absolute Gasteiger partial charge is 0.343 e. The van der Waals surface area contributed by atoms with E-state index in [9.17, 15) is 0 Å². The molecule has 0 spiro atoms. The van der Waals surface area contributed by atoms with E-state index in [0.29, 0.717) is 12.6 Å². The van der Waals surface area contributed by atoms with Crippen molar-refractivity contribution in [3.05, 3.63) is 72.6 Å². The third kappa shape index (κ3) is 4.20. The fourth-order valence-corrected chi connectivity index (χ4v) is 5.20. The lowest BCUT2D eigenvalue weighted by molar-refractivity contribution is 0.324. The van der Waals surface area contributed by atoms with Crippen LogP contribution in [0.3, 0.4) is 0 Å². The zero-order valence-electron chi connectivity index (χ0n) is 14.9. The number of aromatic nitrogens is 3. The number of hydrogen-bond donors (Lipinski definition) is 0. The number of benzene rings is 2. The Hall–Kier alpha value is -2.03. The Morgan fingerprint density at radius 3 is 2.12 bits per heavy atom. The Labute approximate surface area is 156 Å². The molecule has 1 aliphatic rings. The summed E-state index contributed by atoms with van der Waals surface area (Å²) in [4.78, 5) is 0. The molecule has 0 radical (unpaired) electrons. The van der Waals surface area contributed by atoms with Gasteiger partial charge in [-0.1, -0.05) is 85.1 Å². The minimum Gasteiger partial charge on any atom is -0.343 e. The quantitative estimate of drug-likeness (QED) is 0.610. The smallest absolute Gasteiger partial charge is 0.109 e. The average molecular weight is 365 g/mol. The van der Waals surface area contributed by atoms with Gasteiger partial charge in [0.25, 0.3) is 0 Å². The van der Waals surface area contributed by atoms with Crippen LogP contribution in [0.2, 0.25) is 0 Å². The number of nitrogens with zero attached hydrogens (tertiary/aromatic N) is 3. The molecule has 1 fully saturated rings. The first-order valence-corrected chi connectivity index (χ1v) is 10.6. The van der Waals surface area contributed by atoms with E-state index in [2.05, 4.69) is 65.0 Å². The van der Waals surface area contributed by atoms with Crippen molar-refractivity contribution in [3.8, 4) is 0 Å². The summed E-state index contributed by atoms with van der Waals surface area (Å²) in [5.41, 5.74) is 0.912. The first kappa shape index (κ1) is 17.4. The summed E-state index contributed by atoms with van der Waals surface area (Å²) in [7, 11) is -0.857. The molecule has 1 aliphatic carbocycles. The van der Waals surface area contributed by atoms with Gasteiger partial charge < -0.3 is 4.52 Å². The summed E-state index contributed by atoms with van der Waals surface area (Å²) in [5, 5.41) is 11.1. The van der Waals surface area contributed by atoms with Gasteiger partial charge >= 0.3 is 0 Å². The van der Waals surface area contributed by atoms with Gasteiger partial charge in [-0.05, 0) is 12.8 Å². The second-order valence-electron chi connectivity index (χ2n) is 6.72. The zero-order valence-corrected chi connectivity index (χ0v) is 15.8. The summed E-state index contributed by atoms with van der Waals surface area (Å²) >= 11 is 0. The Kier molecular flexibility index (Phi) is 5.73. The Morgan fingerprint density at radius 2 is 1.50 bits per heavy atom. The highest BCUT2D eigenvalue weighted by atomic mass is 31.1. The molecule has 1 aromatic heterocycles. The zero-order chi connectivity index (χ0) is 17.6. The second kappa shape index (κ2) is 8.57. The molecule has 0 N–H and O–H groups in total. The van der Waals surface area contributed by atoms with Gasteiger partial charge in [0, 0.05) is 10.6 Å². The molecule has 2 aromatic carbocycles. The van der Waals surface area contributed by atoms with Gasteiger partial charge in [0.2, 0.25) is 0 Å². The molecule has 1 saturated carbocycles. The van der Waals surface area contributed by atoms with Crippen molar-refractivity contribution in [2.24, 2.45) is 0 Å². The molecule has 4 nitrogen and oxygen atoms in total. The minimum atomic E-state index is -0.857. The van der Waals surface area contributed by atoms with Crippen molar-refractivity contribution in [2.45, 2.75) is 44.8 Å². The number of hydrogen-bond acceptors (Lipinski definition) is 3. The normalized spacial score (nSPS) is 15.4. The molecule has 0 aliphatic heterocycles. The molecule has 26 heavy (non-hydrogen) atoms. The summed E-state index contributed by atoms with van der Waals surface area (Å²) in [5.74, 6) is 0. The predicted molar refractivity (Wildman–Crippen MR) is 106 cm³/mol. The Balaban J connectivity index is 1.48. The third-order valence-electron chi connectivity index (χ3n) is 4.83. The van der Waals surface area contributed by atoms with Crippen molar-refractivity contribution in [2.75, 3.05) is 0 Å². The van der Waals surface area contributed by atoms with Crippen LogP contribution < -0.4 is 10.6 Å². The maximum atomic E-state index is 6.35. The minimum absolute atomic E-state index is 0.488. The monoisotopic (exact) mass is 365 g/mol. The van der Waals surface area contributed by atoms with E-state index in [1.54, 1.807) is 0 Å². The van der Waals surface area contributed by atoms with Crippen molar-refractivity contribution in [3.63, 3.8) is 0 Å². The summed E-state index contributed by atoms with van der Waals surface area (Å²) in [6.45, 7) is 0.488. The van der Waals surface area contributed by atoms with Crippen LogP contribution >= 0.6 is 8.15 Å². The molecule has 5 heteroatoms. The van der Waals surface area contributed by atoms with E-state index in [-0.39, 0.29) is 0 Å². The van der Waals surface area contributed by atoms with Crippen LogP contribution in [-0.4, -0.2) is 15.0 Å². The lowest BCUT2D eigenvalue weighted by Gasteiger charge is -2.21. The molecule has 3 aromatic rings. The van der Waals surface area contributed by atoms with Crippen molar-refractivity contribution < 1.29 is 4.52 Å². The van der Waals surface area contributed by atoms with Gasteiger partial charge in [0.05, 0.1) is 27.0 Å². The van der Waals surface area contributed by atoms with Crippen LogP contribution in [0.5, 0.6) is 0 Å². The van der Waals surface area contributed by atoms with Crippen LogP contribution in [0.1, 0.15) is 43.8 Å². The molecule has 0 saturated heterocycles. The standard InChI is InChI=1S/C21H24N3OP/c1-4-10-19(11-5-1)24-16-18(22-23-24)17-25-26(20-12-6-2-7-13-20)21-14-8-3-9-15-21/h2-3,6-9,12-16,19H,1,4-5,10-11,17H2. The average Bonchev–Trinajstić information content (AvgIpc) is 3.20. The van der Waals surface area contributed by atoms with E-state index >= 15 is 0 Å². The highest BCUT2D eigenvalue weighted by Crippen LogP contribution is 2.36. The molecule has 134 valence electrons. The maximum Gasteiger partial charge on any atom is 0.109 e. The molecular weight excluding hydrogens is 341 g/mol. The SMILES string of the molecule is c1ccc(P(OCc2cn(C3CCCCC3)nn2)c2ccccc2)cc1. The van der Waals surface area contributed by atoms with Gasteiger partial charge in [0.15, 0.2) is 0 Å². The van der Waals surface area contributed by atoms with Gasteiger partial charge in [-0.15, -0.1) is 5.10 Å². The van der Waals surface area contributed by atoms with E-state index in [4.69, 9.17) is 4.52 Å². The Morgan fingerprint density at radius 1 is 0.885 bits per heavy atom. The molecular formula is C21H24N3OP. The second-order valence-corrected chi connectivity index (χ2v) is 8.60. The van der Waals surface area contributed by atoms with Crippen LogP contribution in [0.4, 0.5) is 0 Å². The Bertz CT molecular complexity index is 761. The van der Waals surface area contributed by atoms with E-state index in [1.807, 2.05) is 16.8 Å². The van der Waals surface area contributed by atoms with Gasteiger partial charge in [0.1, 0.15) is 5.69 Å². The van der Waals surface area contributed by atoms with Gasteiger partial charge in [-0.3, -0.25) is 0 Å². The van der Waals surface area contributed by atoms with Crippen LogP contribution in [-0.2, 0) is 11.1 Å². The van der Waals surface area contributed by atoms with Crippen molar-refractivity contribution in [1.29, 1.82) is 0 Å². The topological polar surface area (TPSA) is 39.9 Å². The first-order valence-electron chi connectivity index (χ1n) is 9.34. The fourth-order valence-electron chi connectivity index (χ4n) is 3.46. The molecule has 0 amide bonds. The fraction of sp³-hybridized carbons (Fsp3) is 0.333. The van der Waals surface area contributed by atoms with Crippen LogP contribution in [0.15, 0.2) is 66.9 Å². The summed E-state index contributed by atoms with van der Waals surface area (Å²) in [6.07, 6.45) is 8.43. The van der Waals surface area contributed by atoms with Crippen LogP contribution in [0, 0.1) is 0 Å². The van der Waals surface area contributed by atoms with Gasteiger partial charge in [-0.25, -0.2) is 4.68 Å². The third-order valence-corrected chi connectivity index (χ3v) is 6.75. The van der Waals surface area contributed by atoms with Crippen LogP contribution in [0.25, 0.3) is 0 Å². The highest BCUT2D eigenvalue weighted by Gasteiger charge is 2.18. The molecule has 1 heterocycles. The van der Waals surface area contributed by atoms with Crippen molar-refractivity contribution >= 4 is 18.8 Å². The molecule has 4 rings (SSSR count). The van der Waals surface area contributed by atoms with Gasteiger partial charge in [-0.2, -0.15) is 0 Å². The van der Waals surface area contributed by atoms with E-state index in [0.717, 1.165) is 5.69 Å². The molecule has 0 bridgehead atoms.